The van der Waals surface area contributed by atoms with Crippen molar-refractivity contribution in [3.8, 4) is 0 Å². The Morgan fingerprint density at radius 3 is 1.67 bits per heavy atom. The van der Waals surface area contributed by atoms with E-state index in [0.717, 1.165) is 0 Å². The van der Waals surface area contributed by atoms with Gasteiger partial charge in [0.25, 0.3) is 0 Å². The summed E-state index contributed by atoms with van der Waals surface area (Å²) in [4.78, 5) is 0. The maximum Gasteiger partial charge on any atom is 1.00 e. The van der Waals surface area contributed by atoms with Gasteiger partial charge in [0, 0.05) is 0 Å². The Kier molecular flexibility index (Phi) is 43.0. The van der Waals surface area contributed by atoms with E-state index < -0.39 is 0 Å². The number of rotatable bonds is 1. The van der Waals surface area contributed by atoms with Crippen molar-refractivity contribution in [1.29, 1.82) is 0 Å². The molecular formula is C3H4Li2S. The third kappa shape index (κ3) is 19.2. The Balaban J connectivity index is -0.0000000450. The Hall–Kier alpha value is 1.15. The predicted molar refractivity (Wildman–Crippen MR) is 21.9 cm³/mol. The Morgan fingerprint density at radius 2 is 1.67 bits per heavy atom. The summed E-state index contributed by atoms with van der Waals surface area (Å²) in [6, 6.07) is 0. The van der Waals surface area contributed by atoms with Crippen LogP contribution in [0.5, 0.6) is 0 Å². The van der Waals surface area contributed by atoms with E-state index in [2.05, 4.69) is 19.2 Å². The minimum Gasteiger partial charge on any atom is -0.885 e. The van der Waals surface area contributed by atoms with Crippen molar-refractivity contribution in [1.82, 2.24) is 0 Å². The molecule has 0 aromatic rings. The molecule has 0 saturated carbocycles. The van der Waals surface area contributed by atoms with E-state index >= 15 is 0 Å². The zero-order chi connectivity index (χ0) is 3.41. The third-order valence-electron chi connectivity index (χ3n) is 0.0962. The van der Waals surface area contributed by atoms with Crippen LogP contribution in [0.1, 0.15) is 0 Å². The van der Waals surface area contributed by atoms with Gasteiger partial charge in [-0.05, 0) is 0 Å². The average Bonchev–Trinajstić information content (AvgIpc) is 1.37. The van der Waals surface area contributed by atoms with Gasteiger partial charge in [0.05, 0.1) is 0 Å². The van der Waals surface area contributed by atoms with Crippen molar-refractivity contribution in [2.75, 3.05) is 0 Å². The SMILES string of the molecule is C=C[CH-][S-].[Li+].[Li+]. The van der Waals surface area contributed by atoms with Gasteiger partial charge in [0.2, 0.25) is 0 Å². The summed E-state index contributed by atoms with van der Waals surface area (Å²) in [5.41, 5.74) is 0. The molecule has 0 heterocycles. The molecule has 0 rings (SSSR count). The van der Waals surface area contributed by atoms with Crippen molar-refractivity contribution in [3.05, 3.63) is 18.4 Å². The normalized spacial score (nSPS) is 3.50. The van der Waals surface area contributed by atoms with E-state index in [1.165, 1.54) is 5.75 Å². The summed E-state index contributed by atoms with van der Waals surface area (Å²) >= 11 is 4.31. The zero-order valence-electron chi connectivity index (χ0n) is 4.27. The van der Waals surface area contributed by atoms with Crippen molar-refractivity contribution in [2.45, 2.75) is 0 Å². The molecule has 6 heavy (non-hydrogen) atoms. The van der Waals surface area contributed by atoms with E-state index in [9.17, 15) is 0 Å². The van der Waals surface area contributed by atoms with Crippen LogP contribution in [0, 0.1) is 5.75 Å². The molecule has 0 atom stereocenters. The Labute approximate surface area is 68.5 Å². The van der Waals surface area contributed by atoms with E-state index in [1.807, 2.05) is 0 Å². The molecule has 0 aromatic carbocycles. The second kappa shape index (κ2) is 16.4. The maximum atomic E-state index is 4.31. The second-order valence-electron chi connectivity index (χ2n) is 0.372. The van der Waals surface area contributed by atoms with Crippen LogP contribution in [0.15, 0.2) is 12.7 Å². The van der Waals surface area contributed by atoms with E-state index in [-0.39, 0.29) is 37.7 Å². The topological polar surface area (TPSA) is 0 Å². The van der Waals surface area contributed by atoms with Crippen LogP contribution in [-0.4, -0.2) is 0 Å². The van der Waals surface area contributed by atoms with Crippen LogP contribution in [0.2, 0.25) is 0 Å². The van der Waals surface area contributed by atoms with Gasteiger partial charge in [-0.15, -0.1) is 0 Å². The van der Waals surface area contributed by atoms with Crippen molar-refractivity contribution in [2.24, 2.45) is 0 Å². The molecule has 0 saturated heterocycles. The monoisotopic (exact) mass is 86.0 g/mol. The summed E-state index contributed by atoms with van der Waals surface area (Å²) in [5.74, 6) is 1.47. The first kappa shape index (κ1) is 15.7. The molecule has 0 amide bonds. The van der Waals surface area contributed by atoms with Crippen LogP contribution in [0.25, 0.3) is 0 Å². The van der Waals surface area contributed by atoms with E-state index in [1.54, 1.807) is 6.08 Å². The van der Waals surface area contributed by atoms with Gasteiger partial charge in [0.1, 0.15) is 0 Å². The fourth-order valence-electron chi connectivity index (χ4n) is 0. The van der Waals surface area contributed by atoms with Gasteiger partial charge in [-0.3, -0.25) is 6.08 Å². The Bertz CT molecular complexity index is 22.8. The fraction of sp³-hybridized carbons (Fsp3) is 0. The smallest absolute Gasteiger partial charge is 0.885 e. The molecule has 0 fully saturated rings. The molecule has 0 radical (unpaired) electrons. The van der Waals surface area contributed by atoms with Gasteiger partial charge < -0.3 is 18.4 Å². The van der Waals surface area contributed by atoms with Crippen LogP contribution in [0.3, 0.4) is 0 Å². The molecular weight excluding hydrogens is 82.0 g/mol. The van der Waals surface area contributed by atoms with Crippen LogP contribution < -0.4 is 37.7 Å². The van der Waals surface area contributed by atoms with Crippen LogP contribution in [-0.2, 0) is 12.6 Å². The zero-order valence-corrected chi connectivity index (χ0v) is 5.09. The average molecular weight is 86.0 g/mol. The fourth-order valence-corrected chi connectivity index (χ4v) is 0. The number of hydrogen-bond acceptors (Lipinski definition) is 1. The molecule has 3 heteroatoms. The molecule has 0 aromatic heterocycles. The quantitative estimate of drug-likeness (QED) is 0.175. The number of hydrogen-bond donors (Lipinski definition) is 0. The third-order valence-corrected chi connectivity index (χ3v) is 0.289. The molecule has 0 N–H and O–H groups in total. The van der Waals surface area contributed by atoms with Crippen LogP contribution >= 0.6 is 0 Å². The second-order valence-corrected chi connectivity index (χ2v) is 0.644. The first-order valence-corrected chi connectivity index (χ1v) is 1.45. The predicted octanol–water partition coefficient (Wildman–Crippen LogP) is -5.11. The molecule has 24 valence electrons. The van der Waals surface area contributed by atoms with Crippen molar-refractivity contribution in [3.63, 3.8) is 0 Å². The molecule has 0 aliphatic heterocycles. The summed E-state index contributed by atoms with van der Waals surface area (Å²) < 4.78 is 0. The largest absolute Gasteiger partial charge is 1.00 e. The van der Waals surface area contributed by atoms with Gasteiger partial charge >= 0.3 is 37.7 Å². The first-order chi connectivity index (χ1) is 1.91. The maximum absolute atomic E-state index is 4.31. The standard InChI is InChI=1S/C3H4S.2Li/c1-2-3-4;;/h2-3H,1H2;;/q-2;2*+1. The summed E-state index contributed by atoms with van der Waals surface area (Å²) in [6.45, 7) is 3.32. The summed E-state index contributed by atoms with van der Waals surface area (Å²) in [5, 5.41) is 0. The van der Waals surface area contributed by atoms with Crippen LogP contribution in [0.4, 0.5) is 0 Å². The minimum absolute atomic E-state index is 0. The van der Waals surface area contributed by atoms with Gasteiger partial charge in [0.15, 0.2) is 0 Å². The minimum atomic E-state index is 0. The van der Waals surface area contributed by atoms with Gasteiger partial charge in [-0.25, -0.2) is 6.58 Å². The molecule has 0 unspecified atom stereocenters. The van der Waals surface area contributed by atoms with E-state index in [0.29, 0.717) is 0 Å². The molecule has 0 spiro atoms. The molecule has 0 bridgehead atoms. The summed E-state index contributed by atoms with van der Waals surface area (Å²) in [6.07, 6.45) is 1.56. The van der Waals surface area contributed by atoms with Crippen molar-refractivity contribution < 1.29 is 37.7 Å². The molecule has 0 aliphatic carbocycles. The molecule has 0 aliphatic rings. The molecule has 0 nitrogen and oxygen atoms in total. The first-order valence-electron chi connectivity index (χ1n) is 0.977. The van der Waals surface area contributed by atoms with Gasteiger partial charge in [-0.2, -0.15) is 0 Å². The van der Waals surface area contributed by atoms with E-state index in [4.69, 9.17) is 0 Å². The van der Waals surface area contributed by atoms with Crippen molar-refractivity contribution >= 4 is 12.6 Å². The van der Waals surface area contributed by atoms with Gasteiger partial charge in [-0.1, -0.05) is 0 Å². The summed E-state index contributed by atoms with van der Waals surface area (Å²) in [7, 11) is 0. The Morgan fingerprint density at radius 1 is 1.50 bits per heavy atom.